The van der Waals surface area contributed by atoms with Crippen molar-refractivity contribution in [2.75, 3.05) is 13.7 Å². The fraction of sp³-hybridized carbons (Fsp3) is 0.524. The van der Waals surface area contributed by atoms with Crippen LogP contribution in [0.5, 0.6) is 0 Å². The molecule has 0 spiro atoms. The minimum absolute atomic E-state index is 0.108. The van der Waals surface area contributed by atoms with Gasteiger partial charge in [-0.05, 0) is 25.0 Å². The number of nitrogens with zero attached hydrogens (tertiary/aromatic N) is 2. The van der Waals surface area contributed by atoms with Crippen molar-refractivity contribution in [3.05, 3.63) is 42.3 Å². The molecule has 3 atom stereocenters. The monoisotopic (exact) mass is 368 g/mol. The summed E-state index contributed by atoms with van der Waals surface area (Å²) in [5.74, 6) is 1.99. The quantitative estimate of drug-likeness (QED) is 0.640. The van der Waals surface area contributed by atoms with E-state index in [-0.39, 0.29) is 5.41 Å². The molecule has 2 aliphatic rings. The summed E-state index contributed by atoms with van der Waals surface area (Å²) >= 11 is 0. The van der Waals surface area contributed by atoms with Gasteiger partial charge in [0.15, 0.2) is 5.96 Å². The van der Waals surface area contributed by atoms with Gasteiger partial charge in [0.2, 0.25) is 5.89 Å². The summed E-state index contributed by atoms with van der Waals surface area (Å²) in [6.45, 7) is 6.00. The number of aromatic nitrogens is 1. The van der Waals surface area contributed by atoms with E-state index in [2.05, 4.69) is 34.5 Å². The Morgan fingerprint density at radius 1 is 1.30 bits per heavy atom. The fourth-order valence-corrected chi connectivity index (χ4v) is 4.43. The van der Waals surface area contributed by atoms with E-state index in [1.165, 1.54) is 6.42 Å². The van der Waals surface area contributed by atoms with Crippen LogP contribution in [-0.2, 0) is 11.3 Å². The first-order valence-electron chi connectivity index (χ1n) is 9.68. The predicted octanol–water partition coefficient (Wildman–Crippen LogP) is 3.21. The van der Waals surface area contributed by atoms with E-state index in [4.69, 9.17) is 9.15 Å². The van der Waals surface area contributed by atoms with Crippen LogP contribution in [0.2, 0.25) is 0 Å². The second kappa shape index (κ2) is 7.35. The topological polar surface area (TPSA) is 71.7 Å². The zero-order chi connectivity index (χ0) is 18.9. The number of oxazole rings is 1. The van der Waals surface area contributed by atoms with Gasteiger partial charge in [0.25, 0.3) is 0 Å². The smallest absolute Gasteiger partial charge is 0.226 e. The number of guanidine groups is 1. The Morgan fingerprint density at radius 3 is 2.89 bits per heavy atom. The molecular weight excluding hydrogens is 340 g/mol. The zero-order valence-corrected chi connectivity index (χ0v) is 16.2. The van der Waals surface area contributed by atoms with Crippen molar-refractivity contribution in [1.82, 2.24) is 15.6 Å². The number of ether oxygens (including phenoxy) is 1. The van der Waals surface area contributed by atoms with Gasteiger partial charge in [0, 0.05) is 36.6 Å². The maximum Gasteiger partial charge on any atom is 0.226 e. The molecule has 2 aromatic rings. The molecule has 1 saturated carbocycles. The average Bonchev–Trinajstić information content (AvgIpc) is 3.18. The van der Waals surface area contributed by atoms with E-state index in [1.54, 1.807) is 13.3 Å². The average molecular weight is 368 g/mol. The highest BCUT2D eigenvalue weighted by Gasteiger charge is 2.58. The molecule has 6 nitrogen and oxygen atoms in total. The molecular formula is C21H28N4O2. The van der Waals surface area contributed by atoms with Crippen LogP contribution < -0.4 is 10.6 Å². The molecule has 0 amide bonds. The number of hydrogen-bond acceptors (Lipinski definition) is 4. The van der Waals surface area contributed by atoms with Crippen LogP contribution in [0.4, 0.5) is 0 Å². The molecule has 144 valence electrons. The van der Waals surface area contributed by atoms with E-state index in [0.29, 0.717) is 30.5 Å². The fourth-order valence-electron chi connectivity index (χ4n) is 4.43. The van der Waals surface area contributed by atoms with Crippen molar-refractivity contribution < 1.29 is 9.15 Å². The second-order valence-corrected chi connectivity index (χ2v) is 7.98. The van der Waals surface area contributed by atoms with E-state index >= 15 is 0 Å². The van der Waals surface area contributed by atoms with Crippen LogP contribution in [0.15, 0.2) is 46.0 Å². The summed E-state index contributed by atoms with van der Waals surface area (Å²) in [5, 5.41) is 6.96. The van der Waals surface area contributed by atoms with E-state index in [0.717, 1.165) is 30.2 Å². The maximum atomic E-state index is 5.99. The SMILES string of the molecule is CN=C(NCc1coc(-c2ccccc2)n1)NC1C2CCCOC2C1(C)C. The summed E-state index contributed by atoms with van der Waals surface area (Å²) in [7, 11) is 1.80. The Morgan fingerprint density at radius 2 is 2.11 bits per heavy atom. The summed E-state index contributed by atoms with van der Waals surface area (Å²) < 4.78 is 11.6. The molecule has 1 aromatic carbocycles. The lowest BCUT2D eigenvalue weighted by Gasteiger charge is -2.60. The van der Waals surface area contributed by atoms with Gasteiger partial charge in [-0.25, -0.2) is 4.98 Å². The van der Waals surface area contributed by atoms with Gasteiger partial charge in [-0.1, -0.05) is 32.0 Å². The lowest BCUT2D eigenvalue weighted by molar-refractivity contribution is -0.188. The van der Waals surface area contributed by atoms with E-state index in [9.17, 15) is 0 Å². The molecule has 1 aliphatic heterocycles. The highest BCUT2D eigenvalue weighted by atomic mass is 16.5. The molecule has 1 aliphatic carbocycles. The molecule has 3 unspecified atom stereocenters. The van der Waals surface area contributed by atoms with Crippen LogP contribution in [0, 0.1) is 11.3 Å². The number of nitrogens with one attached hydrogen (secondary N) is 2. The Balaban J connectivity index is 1.36. The third-order valence-electron chi connectivity index (χ3n) is 5.86. The first-order chi connectivity index (χ1) is 13.1. The van der Waals surface area contributed by atoms with Crippen LogP contribution in [0.1, 0.15) is 32.4 Å². The first kappa shape index (κ1) is 18.0. The highest BCUT2D eigenvalue weighted by Crippen LogP contribution is 2.51. The predicted molar refractivity (Wildman–Crippen MR) is 105 cm³/mol. The zero-order valence-electron chi connectivity index (χ0n) is 16.2. The lowest BCUT2D eigenvalue weighted by atomic mass is 9.55. The van der Waals surface area contributed by atoms with Crippen LogP contribution in [0.3, 0.4) is 0 Å². The summed E-state index contributed by atoms with van der Waals surface area (Å²) in [4.78, 5) is 8.95. The van der Waals surface area contributed by atoms with Crippen molar-refractivity contribution in [3.8, 4) is 11.5 Å². The number of benzene rings is 1. The normalized spacial score (nSPS) is 26.8. The molecule has 1 aromatic heterocycles. The number of fused-ring (bicyclic) bond motifs is 1. The van der Waals surface area contributed by atoms with Crippen LogP contribution >= 0.6 is 0 Å². The molecule has 27 heavy (non-hydrogen) atoms. The number of aliphatic imine (C=N–C) groups is 1. The molecule has 1 saturated heterocycles. The van der Waals surface area contributed by atoms with Crippen molar-refractivity contribution in [1.29, 1.82) is 0 Å². The standard InChI is InChI=1S/C21H28N4O2/c1-21(2)17(16-10-7-11-26-18(16)21)25-20(22-3)23-12-15-13-27-19(24-15)14-8-5-4-6-9-14/h4-6,8-9,13,16-18H,7,10-12H2,1-3H3,(H2,22,23,25). The number of hydrogen-bond donors (Lipinski definition) is 2. The van der Waals surface area contributed by atoms with Gasteiger partial charge in [0.05, 0.1) is 18.3 Å². The van der Waals surface area contributed by atoms with Gasteiger partial charge in [-0.2, -0.15) is 0 Å². The third kappa shape index (κ3) is 3.46. The molecule has 0 bridgehead atoms. The second-order valence-electron chi connectivity index (χ2n) is 7.98. The molecule has 6 heteroatoms. The van der Waals surface area contributed by atoms with Gasteiger partial charge in [0.1, 0.15) is 6.26 Å². The molecule has 4 rings (SSSR count). The Labute approximate surface area is 160 Å². The summed E-state index contributed by atoms with van der Waals surface area (Å²) in [6.07, 6.45) is 4.40. The molecule has 2 heterocycles. The molecule has 0 radical (unpaired) electrons. The van der Waals surface area contributed by atoms with Crippen LogP contribution in [-0.4, -0.2) is 36.7 Å². The van der Waals surface area contributed by atoms with Crippen molar-refractivity contribution in [2.24, 2.45) is 16.3 Å². The minimum atomic E-state index is 0.108. The summed E-state index contributed by atoms with van der Waals surface area (Å²) in [5.41, 5.74) is 1.94. The lowest BCUT2D eigenvalue weighted by Crippen LogP contribution is -2.71. The Hall–Kier alpha value is -2.34. The van der Waals surface area contributed by atoms with Gasteiger partial charge in [-0.3, -0.25) is 4.99 Å². The van der Waals surface area contributed by atoms with Gasteiger partial charge >= 0.3 is 0 Å². The number of rotatable bonds is 4. The van der Waals surface area contributed by atoms with E-state index in [1.807, 2.05) is 30.3 Å². The molecule has 2 N–H and O–H groups in total. The first-order valence-corrected chi connectivity index (χ1v) is 9.68. The van der Waals surface area contributed by atoms with Gasteiger partial charge in [-0.15, -0.1) is 0 Å². The Bertz CT molecular complexity index is 800. The summed E-state index contributed by atoms with van der Waals surface area (Å²) in [6, 6.07) is 10.3. The van der Waals surface area contributed by atoms with Crippen LogP contribution in [0.25, 0.3) is 11.5 Å². The van der Waals surface area contributed by atoms with E-state index < -0.39 is 0 Å². The Kier molecular flexibility index (Phi) is 4.91. The van der Waals surface area contributed by atoms with Crippen molar-refractivity contribution >= 4 is 5.96 Å². The largest absolute Gasteiger partial charge is 0.444 e. The maximum absolute atomic E-state index is 5.99. The van der Waals surface area contributed by atoms with Gasteiger partial charge < -0.3 is 19.8 Å². The van der Waals surface area contributed by atoms with Crippen molar-refractivity contribution in [2.45, 2.75) is 45.4 Å². The molecule has 2 fully saturated rings. The van der Waals surface area contributed by atoms with Crippen molar-refractivity contribution in [3.63, 3.8) is 0 Å². The third-order valence-corrected chi connectivity index (χ3v) is 5.86. The highest BCUT2D eigenvalue weighted by molar-refractivity contribution is 5.80. The minimum Gasteiger partial charge on any atom is -0.444 e.